The predicted molar refractivity (Wildman–Crippen MR) is 161 cm³/mol. The molecular weight excluding hydrogens is 617 g/mol. The minimum atomic E-state index is -5.08. The van der Waals surface area contributed by atoms with Gasteiger partial charge in [-0.25, -0.2) is 22.5 Å². The van der Waals surface area contributed by atoms with Gasteiger partial charge in [-0.15, -0.1) is 0 Å². The largest absolute Gasteiger partial charge is 0.490 e. The second-order valence-electron chi connectivity index (χ2n) is 10.8. The standard InChI is InChI=1S/C27H34N6O4S.C2HF3O2/c1-3-38(36,37)33-8-6-19(7-9-33)24-17-30-26-22(24)14-21(15-23(26)27(28)35)20-4-5-25(29-16-20)32-12-10-31(11-13-32)18(2)34;3-2(4,5)1(6)7/h4-5,14-17,19,30H,3,6-13H2,1-2H3,(H2,28,35);(H,6,7). The number of anilines is 1. The highest BCUT2D eigenvalue weighted by atomic mass is 32.2. The third-order valence-electron chi connectivity index (χ3n) is 8.11. The lowest BCUT2D eigenvalue weighted by molar-refractivity contribution is -0.192. The summed E-state index contributed by atoms with van der Waals surface area (Å²) in [6.45, 7) is 7.06. The van der Waals surface area contributed by atoms with Gasteiger partial charge in [0.05, 0.1) is 16.8 Å². The first kappa shape index (κ1) is 33.7. The van der Waals surface area contributed by atoms with Crippen molar-refractivity contribution in [2.24, 2.45) is 5.73 Å². The normalized spacial score (nSPS) is 16.7. The average molecular weight is 653 g/mol. The van der Waals surface area contributed by atoms with E-state index in [1.165, 1.54) is 0 Å². The highest BCUT2D eigenvalue weighted by Crippen LogP contribution is 2.37. The summed E-state index contributed by atoms with van der Waals surface area (Å²) in [5.41, 5.74) is 9.68. The van der Waals surface area contributed by atoms with Crippen LogP contribution in [-0.4, -0.2) is 102 Å². The number of rotatable bonds is 6. The molecule has 0 radical (unpaired) electrons. The number of hydrogen-bond acceptors (Lipinski definition) is 7. The number of benzene rings is 1. The molecule has 5 rings (SSSR count). The van der Waals surface area contributed by atoms with Crippen molar-refractivity contribution in [2.75, 3.05) is 49.9 Å². The van der Waals surface area contributed by atoms with Crippen molar-refractivity contribution in [1.82, 2.24) is 19.2 Å². The molecule has 0 spiro atoms. The van der Waals surface area contributed by atoms with Gasteiger partial charge in [-0.1, -0.05) is 0 Å². The van der Waals surface area contributed by atoms with Crippen molar-refractivity contribution in [3.05, 3.63) is 47.8 Å². The Morgan fingerprint density at radius 2 is 1.67 bits per heavy atom. The zero-order valence-electron chi connectivity index (χ0n) is 24.8. The van der Waals surface area contributed by atoms with Gasteiger partial charge in [0.15, 0.2) is 0 Å². The number of hydrogen-bond donors (Lipinski definition) is 3. The molecule has 4 heterocycles. The van der Waals surface area contributed by atoms with Crippen LogP contribution < -0.4 is 10.6 Å². The maximum Gasteiger partial charge on any atom is 0.490 e. The minimum absolute atomic E-state index is 0.0919. The van der Waals surface area contributed by atoms with Crippen molar-refractivity contribution in [1.29, 1.82) is 0 Å². The summed E-state index contributed by atoms with van der Waals surface area (Å²) in [4.78, 5) is 44.8. The van der Waals surface area contributed by atoms with Gasteiger partial charge in [-0.3, -0.25) is 9.59 Å². The lowest BCUT2D eigenvalue weighted by Crippen LogP contribution is -2.48. The first-order valence-corrected chi connectivity index (χ1v) is 15.9. The molecule has 2 amide bonds. The zero-order valence-corrected chi connectivity index (χ0v) is 25.6. The van der Waals surface area contributed by atoms with Gasteiger partial charge >= 0.3 is 12.1 Å². The van der Waals surface area contributed by atoms with Crippen LogP contribution in [0.1, 0.15) is 48.5 Å². The number of piperazine rings is 1. The first-order chi connectivity index (χ1) is 21.1. The molecule has 2 aliphatic heterocycles. The van der Waals surface area contributed by atoms with Crippen molar-refractivity contribution in [3.8, 4) is 11.1 Å². The number of carboxylic acid groups (broad SMARTS) is 1. The molecule has 0 aliphatic carbocycles. The van der Waals surface area contributed by atoms with E-state index < -0.39 is 28.1 Å². The smallest absolute Gasteiger partial charge is 0.475 e. The van der Waals surface area contributed by atoms with Crippen LogP contribution in [0.5, 0.6) is 0 Å². The van der Waals surface area contributed by atoms with E-state index in [1.807, 2.05) is 23.2 Å². The fourth-order valence-corrected chi connectivity index (χ4v) is 6.71. The van der Waals surface area contributed by atoms with Crippen LogP contribution in [-0.2, 0) is 19.6 Å². The Hall–Kier alpha value is -4.18. The van der Waals surface area contributed by atoms with E-state index >= 15 is 0 Å². The number of sulfonamides is 1. The maximum absolute atomic E-state index is 12.4. The highest BCUT2D eigenvalue weighted by Gasteiger charge is 2.38. The molecule has 3 aromatic rings. The number of carbonyl (C=O) groups excluding carboxylic acids is 2. The molecule has 2 saturated heterocycles. The number of halogens is 3. The lowest BCUT2D eigenvalue weighted by atomic mass is 9.88. The molecule has 2 aromatic heterocycles. The van der Waals surface area contributed by atoms with Gasteiger partial charge < -0.3 is 25.6 Å². The fourth-order valence-electron chi connectivity index (χ4n) is 5.57. The van der Waals surface area contributed by atoms with Crippen LogP contribution in [0, 0.1) is 0 Å². The summed E-state index contributed by atoms with van der Waals surface area (Å²) in [6.07, 6.45) is 0.0849. The number of piperidine rings is 1. The van der Waals surface area contributed by atoms with E-state index in [-0.39, 0.29) is 17.6 Å². The molecule has 0 saturated carbocycles. The highest BCUT2D eigenvalue weighted by molar-refractivity contribution is 7.89. The molecule has 2 aliphatic rings. The van der Waals surface area contributed by atoms with Crippen molar-refractivity contribution >= 4 is 44.5 Å². The molecular formula is C29H35F3N6O6S. The van der Waals surface area contributed by atoms with Crippen LogP contribution in [0.25, 0.3) is 22.0 Å². The summed E-state index contributed by atoms with van der Waals surface area (Å²) >= 11 is 0. The second-order valence-corrected chi connectivity index (χ2v) is 13.1. The number of amides is 2. The van der Waals surface area contributed by atoms with Gasteiger partial charge in [0, 0.05) is 69.5 Å². The zero-order chi connectivity index (χ0) is 33.1. The summed E-state index contributed by atoms with van der Waals surface area (Å²) in [5.74, 6) is -2.04. The summed E-state index contributed by atoms with van der Waals surface area (Å²) in [6, 6.07) is 7.82. The second kappa shape index (κ2) is 13.4. The van der Waals surface area contributed by atoms with Gasteiger partial charge in [0.2, 0.25) is 15.9 Å². The summed E-state index contributed by atoms with van der Waals surface area (Å²) < 4.78 is 57.9. The Balaban J connectivity index is 0.000000591. The lowest BCUT2D eigenvalue weighted by Gasteiger charge is -2.34. The molecule has 0 unspecified atom stereocenters. The number of pyridine rings is 1. The number of fused-ring (bicyclic) bond motifs is 1. The number of H-pyrrole nitrogens is 1. The van der Waals surface area contributed by atoms with Crippen molar-refractivity contribution < 1.29 is 41.1 Å². The average Bonchev–Trinajstić information content (AvgIpc) is 3.44. The van der Waals surface area contributed by atoms with Crippen LogP contribution in [0.2, 0.25) is 0 Å². The Morgan fingerprint density at radius 1 is 1.04 bits per heavy atom. The van der Waals surface area contributed by atoms with Crippen molar-refractivity contribution in [3.63, 3.8) is 0 Å². The first-order valence-electron chi connectivity index (χ1n) is 14.3. The minimum Gasteiger partial charge on any atom is -0.475 e. The van der Waals surface area contributed by atoms with E-state index in [1.54, 1.807) is 30.4 Å². The molecule has 1 aromatic carbocycles. The predicted octanol–water partition coefficient (Wildman–Crippen LogP) is 3.16. The maximum atomic E-state index is 12.4. The summed E-state index contributed by atoms with van der Waals surface area (Å²) in [7, 11) is -3.20. The Kier molecular flexibility index (Phi) is 10.1. The molecule has 12 nitrogen and oxygen atoms in total. The number of nitrogens with zero attached hydrogens (tertiary/aromatic N) is 4. The van der Waals surface area contributed by atoms with E-state index in [0.29, 0.717) is 37.3 Å². The molecule has 45 heavy (non-hydrogen) atoms. The monoisotopic (exact) mass is 652 g/mol. The topological polar surface area (TPSA) is 170 Å². The molecule has 2 fully saturated rings. The van der Waals surface area contributed by atoms with E-state index in [0.717, 1.165) is 53.8 Å². The number of nitrogens with one attached hydrogen (secondary N) is 1. The van der Waals surface area contributed by atoms with E-state index in [4.69, 9.17) is 15.6 Å². The van der Waals surface area contributed by atoms with Crippen molar-refractivity contribution in [2.45, 2.75) is 38.8 Å². The van der Waals surface area contributed by atoms with E-state index in [2.05, 4.69) is 20.9 Å². The van der Waals surface area contributed by atoms with Crippen LogP contribution in [0.4, 0.5) is 19.0 Å². The van der Waals surface area contributed by atoms with Gasteiger partial charge in [-0.2, -0.15) is 13.2 Å². The molecule has 0 atom stereocenters. The van der Waals surface area contributed by atoms with Gasteiger partial charge in [0.25, 0.3) is 5.91 Å². The molecule has 0 bridgehead atoms. The summed E-state index contributed by atoms with van der Waals surface area (Å²) in [5, 5.41) is 8.05. The number of alkyl halides is 3. The van der Waals surface area contributed by atoms with E-state index in [9.17, 15) is 31.2 Å². The number of nitrogens with two attached hydrogens (primary N) is 1. The third-order valence-corrected chi connectivity index (χ3v) is 9.99. The Labute approximate surface area is 258 Å². The molecule has 244 valence electrons. The number of aromatic nitrogens is 2. The number of aliphatic carboxylic acids is 1. The quantitative estimate of drug-likeness (QED) is 0.365. The Morgan fingerprint density at radius 3 is 2.16 bits per heavy atom. The SMILES string of the molecule is CCS(=O)(=O)N1CCC(c2c[nH]c3c(C(N)=O)cc(-c4ccc(N5CCN(C(C)=O)CC5)nc4)cc23)CC1.O=C(O)C(F)(F)F. The van der Waals surface area contributed by atoms with Crippen LogP contribution in [0.15, 0.2) is 36.7 Å². The fraction of sp³-hybridized carbons (Fsp3) is 0.448. The van der Waals surface area contributed by atoms with Crippen LogP contribution in [0.3, 0.4) is 0 Å². The number of carbonyl (C=O) groups is 3. The van der Waals surface area contributed by atoms with Crippen LogP contribution >= 0.6 is 0 Å². The third kappa shape index (κ3) is 7.73. The van der Waals surface area contributed by atoms with Gasteiger partial charge in [-0.05, 0) is 61.1 Å². The molecule has 4 N–H and O–H groups in total. The Bertz CT molecular complexity index is 1660. The number of aromatic amines is 1. The molecule has 16 heteroatoms. The number of primary amides is 1. The van der Waals surface area contributed by atoms with Gasteiger partial charge in [0.1, 0.15) is 5.82 Å². The number of carboxylic acids is 1.